The normalized spacial score (nSPS) is 25.5. The molecule has 3 fully saturated rings. The predicted molar refractivity (Wildman–Crippen MR) is 350 cm³/mol. The summed E-state index contributed by atoms with van der Waals surface area (Å²) in [6.07, 6.45) is -19.1. The van der Waals surface area contributed by atoms with Crippen molar-refractivity contribution in [1.82, 2.24) is 5.32 Å². The molecule has 6 aromatic rings. The first-order valence-corrected chi connectivity index (χ1v) is 32.6. The van der Waals surface area contributed by atoms with Crippen LogP contribution >= 0.6 is 0 Å². The molecule has 0 unspecified atom stereocenters. The second-order valence-corrected chi connectivity index (χ2v) is 24.3. The lowest BCUT2D eigenvalue weighted by Gasteiger charge is -2.52. The molecule has 6 aromatic carbocycles. The number of esters is 4. The van der Waals surface area contributed by atoms with Crippen LogP contribution in [0, 0.1) is 5.41 Å². The summed E-state index contributed by atoms with van der Waals surface area (Å²) in [4.78, 5) is 80.2. The molecular weight excluding hydrogens is 1270 g/mol. The van der Waals surface area contributed by atoms with Crippen molar-refractivity contribution in [3.05, 3.63) is 215 Å². The topological polar surface area (TPSA) is 262 Å². The lowest BCUT2D eigenvalue weighted by molar-refractivity contribution is -0.380. The van der Waals surface area contributed by atoms with Gasteiger partial charge in [-0.15, -0.1) is 0 Å². The van der Waals surface area contributed by atoms with Crippen LogP contribution in [-0.2, 0) is 144 Å². The Morgan fingerprint density at radius 3 is 1.22 bits per heavy atom. The molecule has 15 atom stereocenters. The molecule has 0 radical (unpaired) electrons. The molecule has 23 nitrogen and oxygen atoms in total. The molecule has 3 heterocycles. The van der Waals surface area contributed by atoms with Gasteiger partial charge in [-0.1, -0.05) is 182 Å². The Morgan fingerprint density at radius 1 is 0.388 bits per heavy atom. The van der Waals surface area contributed by atoms with E-state index in [1.807, 2.05) is 189 Å². The highest BCUT2D eigenvalue weighted by molar-refractivity contribution is 5.73. The van der Waals surface area contributed by atoms with Gasteiger partial charge in [0.1, 0.15) is 61.7 Å². The van der Waals surface area contributed by atoms with Crippen molar-refractivity contribution in [3.8, 4) is 0 Å². The zero-order chi connectivity index (χ0) is 69.2. The first-order chi connectivity index (χ1) is 47.5. The Morgan fingerprint density at radius 2 is 0.776 bits per heavy atom. The van der Waals surface area contributed by atoms with Gasteiger partial charge in [-0.05, 0) is 40.3 Å². The van der Waals surface area contributed by atoms with Crippen LogP contribution in [0.4, 0.5) is 0 Å². The van der Waals surface area contributed by atoms with Crippen LogP contribution in [0.5, 0.6) is 0 Å². The van der Waals surface area contributed by atoms with Crippen LogP contribution in [0.2, 0.25) is 0 Å². The molecule has 98 heavy (non-hydrogen) atoms. The maximum Gasteiger partial charge on any atom is 0.303 e. The number of aldehydes is 1. The van der Waals surface area contributed by atoms with Gasteiger partial charge < -0.3 is 85.9 Å². The lowest BCUT2D eigenvalue weighted by Crippen LogP contribution is -2.70. The number of ether oxygens (including phenoxy) is 16. The molecular formula is C75H87NO22. The van der Waals surface area contributed by atoms with E-state index in [4.69, 9.17) is 75.8 Å². The summed E-state index contributed by atoms with van der Waals surface area (Å²) >= 11 is 0. The van der Waals surface area contributed by atoms with Crippen molar-refractivity contribution in [2.75, 3.05) is 33.0 Å². The van der Waals surface area contributed by atoms with Gasteiger partial charge in [0.2, 0.25) is 5.91 Å². The number of hydrogen-bond donors (Lipinski definition) is 1. The number of nitrogens with one attached hydrogen (secondary N) is 1. The van der Waals surface area contributed by atoms with E-state index in [1.165, 1.54) is 6.92 Å². The minimum Gasteiger partial charge on any atom is -0.463 e. The largest absolute Gasteiger partial charge is 0.463 e. The van der Waals surface area contributed by atoms with Gasteiger partial charge in [0.15, 0.2) is 37.2 Å². The molecule has 3 saturated heterocycles. The second kappa shape index (κ2) is 37.7. The van der Waals surface area contributed by atoms with Crippen molar-refractivity contribution < 1.29 is 105 Å². The third-order valence-electron chi connectivity index (χ3n) is 16.3. The van der Waals surface area contributed by atoms with Gasteiger partial charge in [-0.25, -0.2) is 0 Å². The van der Waals surface area contributed by atoms with Gasteiger partial charge in [0, 0.05) is 34.6 Å². The number of rotatable bonds is 35. The molecule has 1 N–H and O–H groups in total. The molecule has 3 aliphatic heterocycles. The summed E-state index contributed by atoms with van der Waals surface area (Å²) in [6.45, 7) is 6.25. The summed E-state index contributed by atoms with van der Waals surface area (Å²) in [5.41, 5.74) is 3.40. The first kappa shape index (κ1) is 74.1. The highest BCUT2D eigenvalue weighted by Crippen LogP contribution is 2.39. The van der Waals surface area contributed by atoms with Crippen LogP contribution in [0.25, 0.3) is 0 Å². The van der Waals surface area contributed by atoms with E-state index in [0.29, 0.717) is 6.29 Å². The number of carbonyl (C=O) groups excluding carboxylic acids is 6. The monoisotopic (exact) mass is 1350 g/mol. The van der Waals surface area contributed by atoms with Crippen molar-refractivity contribution in [2.24, 2.45) is 5.41 Å². The zero-order valence-electron chi connectivity index (χ0n) is 55.8. The lowest BCUT2D eigenvalue weighted by atomic mass is 9.92. The molecule has 0 saturated carbocycles. The molecule has 524 valence electrons. The van der Waals surface area contributed by atoms with Crippen molar-refractivity contribution in [3.63, 3.8) is 0 Å². The molecule has 23 heteroatoms. The van der Waals surface area contributed by atoms with Crippen LogP contribution in [0.3, 0.4) is 0 Å². The Bertz CT molecular complexity index is 3350. The molecule has 3 aliphatic rings. The fourth-order valence-electron chi connectivity index (χ4n) is 11.7. The Labute approximate surface area is 570 Å². The summed E-state index contributed by atoms with van der Waals surface area (Å²) in [5.74, 6) is -4.01. The average Bonchev–Trinajstić information content (AvgIpc) is 0.764. The molecule has 1 amide bonds. The van der Waals surface area contributed by atoms with E-state index in [-0.39, 0.29) is 59.5 Å². The third kappa shape index (κ3) is 22.2. The van der Waals surface area contributed by atoms with E-state index in [0.717, 1.165) is 61.1 Å². The maximum atomic E-state index is 14.2. The van der Waals surface area contributed by atoms with E-state index in [1.54, 1.807) is 0 Å². The van der Waals surface area contributed by atoms with Crippen LogP contribution < -0.4 is 5.32 Å². The predicted octanol–water partition coefficient (Wildman–Crippen LogP) is 8.42. The fraction of sp³-hybridized carbons (Fsp3) is 0.440. The second-order valence-electron chi connectivity index (χ2n) is 24.3. The number of carbonyl (C=O) groups is 6. The highest BCUT2D eigenvalue weighted by Gasteiger charge is 2.59. The van der Waals surface area contributed by atoms with Gasteiger partial charge in [-0.2, -0.15) is 0 Å². The summed E-state index contributed by atoms with van der Waals surface area (Å²) in [6, 6.07) is 55.2. The average molecular weight is 1350 g/mol. The smallest absolute Gasteiger partial charge is 0.303 e. The van der Waals surface area contributed by atoms with E-state index in [9.17, 15) is 28.8 Å². The fourth-order valence-corrected chi connectivity index (χ4v) is 11.7. The van der Waals surface area contributed by atoms with Crippen molar-refractivity contribution in [2.45, 2.75) is 173 Å². The van der Waals surface area contributed by atoms with E-state index in [2.05, 4.69) is 5.32 Å². The standard InChI is InChI=1S/C75H87NO22/c1-49-64(87-40-58-31-19-10-20-32-58)68(88-41-59-33-21-11-22-34-59)70(89-42-60-35-23-12-24-36-60)73(91-49)98-67-63(76-50(2)78)72(90-48-75(45-77,46-84-38-56-27-15-8-16-28-56)47-85-39-57-29-17-9-18-30-57)95-61(43-83-37-55-25-13-7-14-26-55)65(67)97-74-71(94-54(6)82)69(93-53(5)81)66(92-52(4)80)62(96-74)44-86-51(3)79/h7-36,45,49,61-74H,37-44,46-48H2,1-6H3,(H,76,78)/t49-,61+,62+,63+,64+,65+,66-,67+,68+,69-,70-,71+,72+,73-,74-/m0/s1. The summed E-state index contributed by atoms with van der Waals surface area (Å²) in [5, 5.41) is 3.01. The first-order valence-electron chi connectivity index (χ1n) is 32.6. The van der Waals surface area contributed by atoms with E-state index < -0.39 is 140 Å². The molecule has 0 aliphatic carbocycles. The van der Waals surface area contributed by atoms with Gasteiger partial charge in [0.05, 0.1) is 77.6 Å². The van der Waals surface area contributed by atoms with Crippen molar-refractivity contribution >= 4 is 36.1 Å². The quantitative estimate of drug-likeness (QED) is 0.0222. The maximum absolute atomic E-state index is 14.2. The number of benzene rings is 6. The minimum atomic E-state index is -1.86. The number of hydrogen-bond acceptors (Lipinski definition) is 22. The third-order valence-corrected chi connectivity index (χ3v) is 16.3. The molecule has 0 aromatic heterocycles. The Balaban J connectivity index is 1.19. The highest BCUT2D eigenvalue weighted by atomic mass is 16.8. The van der Waals surface area contributed by atoms with Gasteiger partial charge in [0.25, 0.3) is 0 Å². The van der Waals surface area contributed by atoms with Crippen LogP contribution in [0.1, 0.15) is 74.9 Å². The molecule has 0 spiro atoms. The summed E-state index contributed by atoms with van der Waals surface area (Å²) < 4.78 is 106. The van der Waals surface area contributed by atoms with Gasteiger partial charge in [-0.3, -0.25) is 24.0 Å². The van der Waals surface area contributed by atoms with Gasteiger partial charge >= 0.3 is 23.9 Å². The minimum absolute atomic E-state index is 0.00142. The summed E-state index contributed by atoms with van der Waals surface area (Å²) in [7, 11) is 0. The number of amides is 1. The zero-order valence-corrected chi connectivity index (χ0v) is 55.8. The molecule has 9 rings (SSSR count). The Kier molecular flexibility index (Phi) is 28.5. The van der Waals surface area contributed by atoms with E-state index >= 15 is 0 Å². The molecule has 0 bridgehead atoms. The Hall–Kier alpha value is -8.14. The van der Waals surface area contributed by atoms with Crippen molar-refractivity contribution in [1.29, 1.82) is 0 Å². The van der Waals surface area contributed by atoms with Crippen LogP contribution in [0.15, 0.2) is 182 Å². The SMILES string of the molecule is CC(=O)N[C@H]1[C@H](OCC(C=O)(COCc2ccccc2)COCc2ccccc2)O[C@H](COCc2ccccc2)[C@@H](O[C@@H]2O[C@H](COC(C)=O)[C@H](OC(C)=O)[C@H](OC(C)=O)[C@H]2OC(C)=O)[C@@H]1O[C@@H]1O[C@@H](C)[C@@H](OCc2ccccc2)[C@@H](OCc2ccccc2)[C@@H]1OCc1ccccc1. The van der Waals surface area contributed by atoms with Crippen LogP contribution in [-0.4, -0.2) is 161 Å².